The Hall–Kier alpha value is -2.09. The predicted molar refractivity (Wildman–Crippen MR) is 77.4 cm³/mol. The van der Waals surface area contributed by atoms with E-state index in [2.05, 4.69) is 19.2 Å². The van der Waals surface area contributed by atoms with E-state index in [1.165, 1.54) is 25.0 Å². The quantitative estimate of drug-likeness (QED) is 0.672. The molecule has 1 N–H and O–H groups in total. The minimum absolute atomic E-state index is 0.0443. The molecule has 0 spiro atoms. The number of non-ortho nitro benzene ring substituents is 1. The molecule has 5 heteroatoms. The summed E-state index contributed by atoms with van der Waals surface area (Å²) in [6.07, 6.45) is 3.50. The van der Waals surface area contributed by atoms with E-state index in [1.807, 2.05) is 6.07 Å². The monoisotopic (exact) mass is 273 g/mol. The largest absolute Gasteiger partial charge is 0.381 e. The molecular formula is C15H19N3O2. The van der Waals surface area contributed by atoms with E-state index in [0.29, 0.717) is 29.1 Å². The molecule has 1 aromatic carbocycles. The van der Waals surface area contributed by atoms with Crippen LogP contribution in [0.5, 0.6) is 0 Å². The summed E-state index contributed by atoms with van der Waals surface area (Å²) >= 11 is 0. The number of nitro groups is 1. The number of nitrogens with one attached hydrogen (secondary N) is 1. The Kier molecular flexibility index (Phi) is 4.23. The third-order valence-corrected chi connectivity index (χ3v) is 4.38. The molecule has 20 heavy (non-hydrogen) atoms. The van der Waals surface area contributed by atoms with Gasteiger partial charge in [-0.15, -0.1) is 0 Å². The molecule has 3 atom stereocenters. The molecule has 1 aliphatic carbocycles. The molecule has 0 aliphatic heterocycles. The van der Waals surface area contributed by atoms with Gasteiger partial charge in [0.1, 0.15) is 6.07 Å². The summed E-state index contributed by atoms with van der Waals surface area (Å²) in [6, 6.07) is 6.78. The predicted octanol–water partition coefficient (Wildman–Crippen LogP) is 3.70. The van der Waals surface area contributed by atoms with E-state index in [4.69, 9.17) is 5.26 Å². The summed E-state index contributed by atoms with van der Waals surface area (Å²) in [5, 5.41) is 23.3. The molecule has 1 aliphatic rings. The molecule has 1 saturated carbocycles. The Morgan fingerprint density at radius 3 is 2.80 bits per heavy atom. The number of rotatable bonds is 3. The number of nitro benzene ring substituents is 1. The minimum atomic E-state index is -0.476. The summed E-state index contributed by atoms with van der Waals surface area (Å²) in [4.78, 5) is 10.3. The van der Waals surface area contributed by atoms with Crippen LogP contribution < -0.4 is 5.32 Å². The maximum Gasteiger partial charge on any atom is 0.270 e. The normalized spacial score (nSPS) is 25.8. The second-order valence-electron chi connectivity index (χ2n) is 5.62. The van der Waals surface area contributed by atoms with Crippen molar-refractivity contribution in [2.75, 3.05) is 5.32 Å². The Morgan fingerprint density at radius 1 is 1.40 bits per heavy atom. The number of anilines is 1. The summed E-state index contributed by atoms with van der Waals surface area (Å²) < 4.78 is 0. The molecule has 0 unspecified atom stereocenters. The van der Waals surface area contributed by atoms with Gasteiger partial charge in [0.05, 0.1) is 16.2 Å². The number of nitrogens with zero attached hydrogens (tertiary/aromatic N) is 2. The number of benzene rings is 1. The third kappa shape index (κ3) is 2.90. The number of nitriles is 1. The summed E-state index contributed by atoms with van der Waals surface area (Å²) in [7, 11) is 0. The van der Waals surface area contributed by atoms with Crippen LogP contribution in [0.25, 0.3) is 0 Å². The highest BCUT2D eigenvalue weighted by Crippen LogP contribution is 2.32. The summed E-state index contributed by atoms with van der Waals surface area (Å²) in [6.45, 7) is 4.47. The number of hydrogen-bond acceptors (Lipinski definition) is 4. The van der Waals surface area contributed by atoms with Crippen LogP contribution in [0.4, 0.5) is 11.4 Å². The lowest BCUT2D eigenvalue weighted by Crippen LogP contribution is -2.35. The Morgan fingerprint density at radius 2 is 2.15 bits per heavy atom. The average Bonchev–Trinajstić information content (AvgIpc) is 2.44. The first kappa shape index (κ1) is 14.3. The minimum Gasteiger partial charge on any atom is -0.381 e. The smallest absolute Gasteiger partial charge is 0.270 e. The van der Waals surface area contributed by atoms with Crippen molar-refractivity contribution in [3.63, 3.8) is 0 Å². The van der Waals surface area contributed by atoms with Gasteiger partial charge in [-0.2, -0.15) is 5.26 Å². The highest BCUT2D eigenvalue weighted by Gasteiger charge is 2.27. The second kappa shape index (κ2) is 5.91. The van der Waals surface area contributed by atoms with E-state index in [-0.39, 0.29) is 5.69 Å². The summed E-state index contributed by atoms with van der Waals surface area (Å²) in [5.41, 5.74) is 0.992. The third-order valence-electron chi connectivity index (χ3n) is 4.38. The van der Waals surface area contributed by atoms with Gasteiger partial charge in [0.2, 0.25) is 0 Å². The van der Waals surface area contributed by atoms with Crippen molar-refractivity contribution in [3.8, 4) is 6.07 Å². The van der Waals surface area contributed by atoms with Gasteiger partial charge < -0.3 is 5.32 Å². The van der Waals surface area contributed by atoms with Crippen molar-refractivity contribution >= 4 is 11.4 Å². The number of hydrogen-bond donors (Lipinski definition) is 1. The fourth-order valence-electron chi connectivity index (χ4n) is 2.85. The fourth-order valence-corrected chi connectivity index (χ4v) is 2.85. The van der Waals surface area contributed by atoms with Crippen molar-refractivity contribution in [2.24, 2.45) is 11.8 Å². The second-order valence-corrected chi connectivity index (χ2v) is 5.62. The molecule has 0 amide bonds. The van der Waals surface area contributed by atoms with Gasteiger partial charge in [0, 0.05) is 18.2 Å². The van der Waals surface area contributed by atoms with Crippen molar-refractivity contribution in [1.82, 2.24) is 0 Å². The van der Waals surface area contributed by atoms with Crippen LogP contribution in [0.1, 0.15) is 38.7 Å². The Labute approximate surface area is 118 Å². The maximum absolute atomic E-state index is 10.7. The van der Waals surface area contributed by atoms with E-state index in [9.17, 15) is 10.1 Å². The molecule has 0 aromatic heterocycles. The van der Waals surface area contributed by atoms with E-state index in [1.54, 1.807) is 6.07 Å². The molecule has 5 nitrogen and oxygen atoms in total. The van der Waals surface area contributed by atoms with Crippen LogP contribution in [0, 0.1) is 33.3 Å². The lowest BCUT2D eigenvalue weighted by atomic mass is 9.78. The first-order valence-corrected chi connectivity index (χ1v) is 6.98. The van der Waals surface area contributed by atoms with Gasteiger partial charge >= 0.3 is 0 Å². The molecule has 1 aromatic rings. The first-order chi connectivity index (χ1) is 9.52. The molecule has 0 saturated heterocycles. The van der Waals surface area contributed by atoms with Crippen molar-refractivity contribution in [1.29, 1.82) is 5.26 Å². The molecule has 0 bridgehead atoms. The van der Waals surface area contributed by atoms with E-state index in [0.717, 1.165) is 6.42 Å². The highest BCUT2D eigenvalue weighted by molar-refractivity contribution is 5.61. The fraction of sp³-hybridized carbons (Fsp3) is 0.533. The molecule has 106 valence electrons. The standard InChI is InChI=1S/C15H19N3O2/c1-10-4-3-5-14(11(10)2)17-15-7-6-13(18(19)20)8-12(15)9-16/h6-8,10-11,14,17H,3-5H2,1-2H3/t10-,11-,14-/m1/s1. The van der Waals surface area contributed by atoms with Crippen LogP contribution in [-0.2, 0) is 0 Å². The molecule has 0 heterocycles. The Balaban J connectivity index is 2.21. The van der Waals surface area contributed by atoms with Crippen LogP contribution in [0.15, 0.2) is 18.2 Å². The van der Waals surface area contributed by atoms with Crippen LogP contribution in [0.2, 0.25) is 0 Å². The summed E-state index contributed by atoms with van der Waals surface area (Å²) in [5.74, 6) is 1.19. The average molecular weight is 273 g/mol. The van der Waals surface area contributed by atoms with Gasteiger partial charge in [-0.3, -0.25) is 10.1 Å². The zero-order chi connectivity index (χ0) is 14.7. The molecule has 0 radical (unpaired) electrons. The van der Waals surface area contributed by atoms with Crippen molar-refractivity contribution < 1.29 is 4.92 Å². The zero-order valence-electron chi connectivity index (χ0n) is 11.8. The lowest BCUT2D eigenvalue weighted by Gasteiger charge is -2.35. The van der Waals surface area contributed by atoms with Crippen molar-refractivity contribution in [2.45, 2.75) is 39.2 Å². The van der Waals surface area contributed by atoms with Gasteiger partial charge in [-0.1, -0.05) is 26.7 Å². The SMILES string of the molecule is C[C@@H]1[C@H](C)CCC[C@H]1Nc1ccc([N+](=O)[O-])cc1C#N. The van der Waals surface area contributed by atoms with Crippen molar-refractivity contribution in [3.05, 3.63) is 33.9 Å². The van der Waals surface area contributed by atoms with Gasteiger partial charge in [-0.25, -0.2) is 0 Å². The van der Waals surface area contributed by atoms with E-state index < -0.39 is 4.92 Å². The lowest BCUT2D eigenvalue weighted by molar-refractivity contribution is -0.384. The molecular weight excluding hydrogens is 254 g/mol. The van der Waals surface area contributed by atoms with E-state index >= 15 is 0 Å². The van der Waals surface area contributed by atoms with Crippen LogP contribution >= 0.6 is 0 Å². The van der Waals surface area contributed by atoms with Gasteiger partial charge in [0.15, 0.2) is 0 Å². The Bertz CT molecular complexity index is 551. The first-order valence-electron chi connectivity index (χ1n) is 6.98. The highest BCUT2D eigenvalue weighted by atomic mass is 16.6. The molecule has 1 fully saturated rings. The topological polar surface area (TPSA) is 79.0 Å². The van der Waals surface area contributed by atoms with Gasteiger partial charge in [0.25, 0.3) is 5.69 Å². The molecule has 2 rings (SSSR count). The van der Waals surface area contributed by atoms with Crippen LogP contribution in [0.3, 0.4) is 0 Å². The zero-order valence-corrected chi connectivity index (χ0v) is 11.8. The van der Waals surface area contributed by atoms with Crippen LogP contribution in [-0.4, -0.2) is 11.0 Å². The maximum atomic E-state index is 10.7. The van der Waals surface area contributed by atoms with Gasteiger partial charge in [-0.05, 0) is 24.3 Å².